The summed E-state index contributed by atoms with van der Waals surface area (Å²) in [5.74, 6) is 0.156. The molecule has 132 valence electrons. The molecule has 27 heavy (non-hydrogen) atoms. The molecule has 0 spiro atoms. The molecule has 0 saturated heterocycles. The lowest BCUT2D eigenvalue weighted by Crippen LogP contribution is -2.13. The first-order chi connectivity index (χ1) is 13.2. The van der Waals surface area contributed by atoms with Crippen LogP contribution in [0.15, 0.2) is 73.2 Å². The van der Waals surface area contributed by atoms with E-state index in [4.69, 9.17) is 0 Å². The molecule has 6 heteroatoms. The maximum atomic E-state index is 12.4. The van der Waals surface area contributed by atoms with Crippen LogP contribution in [0.2, 0.25) is 0 Å². The number of benzene rings is 2. The van der Waals surface area contributed by atoms with Crippen molar-refractivity contribution in [3.63, 3.8) is 0 Å². The van der Waals surface area contributed by atoms with Crippen molar-refractivity contribution in [2.24, 2.45) is 0 Å². The van der Waals surface area contributed by atoms with Gasteiger partial charge in [-0.25, -0.2) is 9.97 Å². The van der Waals surface area contributed by atoms with Crippen LogP contribution in [0.4, 0.5) is 17.3 Å². The topological polar surface area (TPSA) is 79.8 Å². The standard InChI is InChI=1S/C21H17N5O/c1-14-6-2-3-9-17(14)25-20(27)16-12-23-21(24-13-16)26-18-10-4-7-15-8-5-11-22-19(15)18/h2-13H,1H3,(H,25,27)(H,23,24,26). The first kappa shape index (κ1) is 16.7. The lowest BCUT2D eigenvalue weighted by atomic mass is 10.2. The average molecular weight is 355 g/mol. The van der Waals surface area contributed by atoms with Crippen molar-refractivity contribution < 1.29 is 4.79 Å². The minimum absolute atomic E-state index is 0.248. The minimum Gasteiger partial charge on any atom is -0.322 e. The Hall–Kier alpha value is -3.80. The van der Waals surface area contributed by atoms with Gasteiger partial charge in [0.1, 0.15) is 0 Å². The molecule has 4 aromatic rings. The van der Waals surface area contributed by atoms with Gasteiger partial charge in [-0.3, -0.25) is 9.78 Å². The number of anilines is 3. The van der Waals surface area contributed by atoms with Gasteiger partial charge in [-0.05, 0) is 30.7 Å². The number of hydrogen-bond donors (Lipinski definition) is 2. The van der Waals surface area contributed by atoms with Gasteiger partial charge in [0.05, 0.1) is 16.8 Å². The summed E-state index contributed by atoms with van der Waals surface area (Å²) in [4.78, 5) is 25.3. The molecule has 2 heterocycles. The number of hydrogen-bond acceptors (Lipinski definition) is 5. The van der Waals surface area contributed by atoms with Crippen LogP contribution >= 0.6 is 0 Å². The minimum atomic E-state index is -0.248. The molecule has 0 radical (unpaired) electrons. The fourth-order valence-corrected chi connectivity index (χ4v) is 2.74. The summed E-state index contributed by atoms with van der Waals surface area (Å²) in [5.41, 5.74) is 3.80. The van der Waals surface area contributed by atoms with Crippen LogP contribution in [0.3, 0.4) is 0 Å². The normalized spacial score (nSPS) is 10.6. The summed E-state index contributed by atoms with van der Waals surface area (Å²) in [5, 5.41) is 7.05. The molecule has 0 aliphatic carbocycles. The van der Waals surface area contributed by atoms with Crippen LogP contribution in [0, 0.1) is 6.92 Å². The van der Waals surface area contributed by atoms with Gasteiger partial charge < -0.3 is 10.6 Å². The van der Waals surface area contributed by atoms with Crippen LogP contribution in [-0.4, -0.2) is 20.9 Å². The van der Waals surface area contributed by atoms with E-state index in [0.717, 1.165) is 27.8 Å². The molecular formula is C21H17N5O. The number of nitrogens with zero attached hydrogens (tertiary/aromatic N) is 3. The Morgan fingerprint density at radius 1 is 0.852 bits per heavy atom. The number of aromatic nitrogens is 3. The Bertz CT molecular complexity index is 1100. The number of nitrogens with one attached hydrogen (secondary N) is 2. The van der Waals surface area contributed by atoms with Crippen molar-refractivity contribution in [3.05, 3.63) is 84.3 Å². The van der Waals surface area contributed by atoms with Crippen molar-refractivity contribution >= 4 is 34.1 Å². The maximum absolute atomic E-state index is 12.4. The molecule has 4 rings (SSSR count). The van der Waals surface area contributed by atoms with E-state index < -0.39 is 0 Å². The molecule has 0 fully saturated rings. The van der Waals surface area contributed by atoms with Gasteiger partial charge in [-0.1, -0.05) is 36.4 Å². The van der Waals surface area contributed by atoms with Gasteiger partial charge in [0.15, 0.2) is 0 Å². The summed E-state index contributed by atoms with van der Waals surface area (Å²) in [6.07, 6.45) is 4.75. The highest BCUT2D eigenvalue weighted by Crippen LogP contribution is 2.23. The quantitative estimate of drug-likeness (QED) is 0.569. The molecule has 0 aliphatic heterocycles. The SMILES string of the molecule is Cc1ccccc1NC(=O)c1cnc(Nc2cccc3cccnc23)nc1. The van der Waals surface area contributed by atoms with Gasteiger partial charge >= 0.3 is 0 Å². The first-order valence-corrected chi connectivity index (χ1v) is 8.50. The highest BCUT2D eigenvalue weighted by atomic mass is 16.1. The van der Waals surface area contributed by atoms with E-state index in [1.165, 1.54) is 12.4 Å². The van der Waals surface area contributed by atoms with E-state index in [0.29, 0.717) is 11.5 Å². The Morgan fingerprint density at radius 2 is 1.59 bits per heavy atom. The highest BCUT2D eigenvalue weighted by molar-refractivity contribution is 6.04. The second kappa shape index (κ2) is 7.21. The van der Waals surface area contributed by atoms with Crippen LogP contribution in [0.1, 0.15) is 15.9 Å². The van der Waals surface area contributed by atoms with Gasteiger partial charge in [-0.15, -0.1) is 0 Å². The van der Waals surface area contributed by atoms with Crippen molar-refractivity contribution in [1.29, 1.82) is 0 Å². The molecule has 1 amide bonds. The van der Waals surface area contributed by atoms with E-state index in [1.54, 1.807) is 6.20 Å². The van der Waals surface area contributed by atoms with E-state index in [9.17, 15) is 4.79 Å². The maximum Gasteiger partial charge on any atom is 0.258 e. The molecule has 0 saturated carbocycles. The lowest BCUT2D eigenvalue weighted by Gasteiger charge is -2.09. The number of fused-ring (bicyclic) bond motifs is 1. The lowest BCUT2D eigenvalue weighted by molar-refractivity contribution is 0.102. The van der Waals surface area contributed by atoms with Gasteiger partial charge in [0.2, 0.25) is 5.95 Å². The molecule has 6 nitrogen and oxygen atoms in total. The smallest absolute Gasteiger partial charge is 0.258 e. The van der Waals surface area contributed by atoms with Gasteiger partial charge in [-0.2, -0.15) is 0 Å². The molecule has 2 N–H and O–H groups in total. The second-order valence-electron chi connectivity index (χ2n) is 6.07. The number of amides is 1. The monoisotopic (exact) mass is 355 g/mol. The average Bonchev–Trinajstić information content (AvgIpc) is 2.70. The van der Waals surface area contributed by atoms with Gasteiger partial charge in [0.25, 0.3) is 5.91 Å². The fourth-order valence-electron chi connectivity index (χ4n) is 2.74. The molecule has 0 atom stereocenters. The predicted molar refractivity (Wildman–Crippen MR) is 106 cm³/mol. The fraction of sp³-hybridized carbons (Fsp3) is 0.0476. The summed E-state index contributed by atoms with van der Waals surface area (Å²) < 4.78 is 0. The zero-order valence-electron chi connectivity index (χ0n) is 14.7. The molecule has 2 aromatic carbocycles. The summed E-state index contributed by atoms with van der Waals surface area (Å²) >= 11 is 0. The Labute approximate surface area is 156 Å². The van der Waals surface area contributed by atoms with Crippen molar-refractivity contribution in [3.8, 4) is 0 Å². The number of para-hydroxylation sites is 2. The third kappa shape index (κ3) is 3.59. The van der Waals surface area contributed by atoms with E-state index >= 15 is 0 Å². The summed E-state index contributed by atoms with van der Waals surface area (Å²) in [6.45, 7) is 1.94. The molecular weight excluding hydrogens is 338 g/mol. The van der Waals surface area contributed by atoms with Crippen LogP contribution in [-0.2, 0) is 0 Å². The second-order valence-corrected chi connectivity index (χ2v) is 6.07. The zero-order chi connectivity index (χ0) is 18.6. The largest absolute Gasteiger partial charge is 0.322 e. The number of carbonyl (C=O) groups is 1. The van der Waals surface area contributed by atoms with Crippen molar-refractivity contribution in [2.75, 3.05) is 10.6 Å². The summed E-state index contributed by atoms with van der Waals surface area (Å²) in [6, 6.07) is 17.3. The first-order valence-electron chi connectivity index (χ1n) is 8.50. The van der Waals surface area contributed by atoms with E-state index in [1.807, 2.05) is 61.5 Å². The van der Waals surface area contributed by atoms with Crippen molar-refractivity contribution in [1.82, 2.24) is 15.0 Å². The summed E-state index contributed by atoms with van der Waals surface area (Å²) in [7, 11) is 0. The number of rotatable bonds is 4. The third-order valence-corrected chi connectivity index (χ3v) is 4.19. The van der Waals surface area contributed by atoms with Crippen LogP contribution in [0.5, 0.6) is 0 Å². The van der Waals surface area contributed by atoms with E-state index in [2.05, 4.69) is 25.6 Å². The van der Waals surface area contributed by atoms with Crippen LogP contribution < -0.4 is 10.6 Å². The third-order valence-electron chi connectivity index (χ3n) is 4.19. The van der Waals surface area contributed by atoms with Crippen LogP contribution in [0.25, 0.3) is 10.9 Å². The molecule has 0 aliphatic rings. The molecule has 2 aromatic heterocycles. The Balaban J connectivity index is 1.52. The van der Waals surface area contributed by atoms with E-state index in [-0.39, 0.29) is 5.91 Å². The molecule has 0 unspecified atom stereocenters. The Morgan fingerprint density at radius 3 is 2.41 bits per heavy atom. The zero-order valence-corrected chi connectivity index (χ0v) is 14.7. The van der Waals surface area contributed by atoms with Gasteiger partial charge in [0, 0.05) is 29.7 Å². The highest BCUT2D eigenvalue weighted by Gasteiger charge is 2.10. The Kier molecular flexibility index (Phi) is 4.45. The molecule has 0 bridgehead atoms. The number of aryl methyl sites for hydroxylation is 1. The van der Waals surface area contributed by atoms with Crippen molar-refractivity contribution in [2.45, 2.75) is 6.92 Å². The number of carbonyl (C=O) groups excluding carboxylic acids is 1. The number of pyridine rings is 1. The predicted octanol–water partition coefficient (Wildman–Crippen LogP) is 4.33.